The highest BCUT2D eigenvalue weighted by molar-refractivity contribution is 6.02. The van der Waals surface area contributed by atoms with E-state index in [1.54, 1.807) is 12.1 Å². The fourth-order valence-electron chi connectivity index (χ4n) is 1.85. The number of halogens is 1. The highest BCUT2D eigenvalue weighted by Crippen LogP contribution is 2.16. The summed E-state index contributed by atoms with van der Waals surface area (Å²) in [6.45, 7) is 0. The van der Waals surface area contributed by atoms with Crippen molar-refractivity contribution in [1.29, 1.82) is 0 Å². The Hall–Kier alpha value is -3.15. The summed E-state index contributed by atoms with van der Waals surface area (Å²) in [7, 11) is 0. The third kappa shape index (κ3) is 3.12. The molecule has 0 atom stereocenters. The van der Waals surface area contributed by atoms with E-state index in [0.717, 1.165) is 11.8 Å². The van der Waals surface area contributed by atoms with Gasteiger partial charge in [-0.25, -0.2) is 9.37 Å². The van der Waals surface area contributed by atoms with Crippen LogP contribution in [0.5, 0.6) is 0 Å². The second kappa shape index (κ2) is 6.09. The summed E-state index contributed by atoms with van der Waals surface area (Å²) >= 11 is 0. The lowest BCUT2D eigenvalue weighted by Crippen LogP contribution is -2.14. The maximum Gasteiger partial charge on any atom is 0.275 e. The van der Waals surface area contributed by atoms with Gasteiger partial charge in [0, 0.05) is 5.56 Å². The summed E-state index contributed by atoms with van der Waals surface area (Å²) in [5, 5.41) is 10.6. The van der Waals surface area contributed by atoms with E-state index in [2.05, 4.69) is 20.5 Å². The lowest BCUT2D eigenvalue weighted by Gasteiger charge is -2.04. The van der Waals surface area contributed by atoms with Gasteiger partial charge in [0.1, 0.15) is 11.5 Å². The van der Waals surface area contributed by atoms with Gasteiger partial charge in [-0.05, 0) is 24.3 Å². The smallest absolute Gasteiger partial charge is 0.275 e. The van der Waals surface area contributed by atoms with E-state index in [1.807, 2.05) is 30.3 Å². The molecular formula is C16H11FN4O. The van der Waals surface area contributed by atoms with Crippen LogP contribution in [0, 0.1) is 5.82 Å². The average molecular weight is 294 g/mol. The van der Waals surface area contributed by atoms with E-state index in [0.29, 0.717) is 11.5 Å². The van der Waals surface area contributed by atoms with Crippen LogP contribution >= 0.6 is 0 Å². The Morgan fingerprint density at radius 1 is 0.955 bits per heavy atom. The molecule has 3 aromatic rings. The molecule has 0 aliphatic rings. The Bertz CT molecular complexity index is 774. The van der Waals surface area contributed by atoms with Crippen LogP contribution in [0.4, 0.5) is 10.2 Å². The predicted molar refractivity (Wildman–Crippen MR) is 79.6 cm³/mol. The molecule has 1 N–H and O–H groups in total. The third-order valence-electron chi connectivity index (χ3n) is 2.94. The molecule has 2 heterocycles. The van der Waals surface area contributed by atoms with Crippen molar-refractivity contribution in [2.75, 3.05) is 5.32 Å². The fraction of sp³-hybridized carbons (Fsp3) is 0. The Morgan fingerprint density at radius 3 is 2.41 bits per heavy atom. The number of hydrogen-bond donors (Lipinski definition) is 1. The molecule has 2 aromatic heterocycles. The number of hydrogen-bond acceptors (Lipinski definition) is 4. The van der Waals surface area contributed by atoms with Crippen LogP contribution < -0.4 is 5.32 Å². The van der Waals surface area contributed by atoms with Crippen molar-refractivity contribution in [3.63, 3.8) is 0 Å². The van der Waals surface area contributed by atoms with E-state index in [1.165, 1.54) is 12.1 Å². The minimum absolute atomic E-state index is 0.107. The summed E-state index contributed by atoms with van der Waals surface area (Å²) in [6, 6.07) is 15.5. The summed E-state index contributed by atoms with van der Waals surface area (Å²) in [5.41, 5.74) is 1.75. The second-order valence-electron chi connectivity index (χ2n) is 4.49. The number of anilines is 1. The van der Waals surface area contributed by atoms with Crippen molar-refractivity contribution in [1.82, 2.24) is 15.2 Å². The topological polar surface area (TPSA) is 67.8 Å². The van der Waals surface area contributed by atoms with Crippen molar-refractivity contribution in [2.24, 2.45) is 0 Å². The van der Waals surface area contributed by atoms with Gasteiger partial charge in [-0.1, -0.05) is 30.3 Å². The molecule has 1 amide bonds. The molecule has 0 bridgehead atoms. The quantitative estimate of drug-likeness (QED) is 0.806. The van der Waals surface area contributed by atoms with Gasteiger partial charge in [0.25, 0.3) is 5.91 Å². The van der Waals surface area contributed by atoms with Crippen molar-refractivity contribution >= 4 is 11.7 Å². The molecule has 0 radical (unpaired) electrons. The molecule has 3 rings (SSSR count). The average Bonchev–Trinajstić information content (AvgIpc) is 2.57. The number of carbonyl (C=O) groups is 1. The molecule has 6 heteroatoms. The summed E-state index contributed by atoms with van der Waals surface area (Å²) in [6.07, 6.45) is 0.985. The minimum atomic E-state index is -0.497. The second-order valence-corrected chi connectivity index (χ2v) is 4.49. The Labute approximate surface area is 125 Å². The molecular weight excluding hydrogens is 283 g/mol. The molecule has 22 heavy (non-hydrogen) atoms. The number of aromatic nitrogens is 3. The van der Waals surface area contributed by atoms with Gasteiger partial charge in [-0.3, -0.25) is 4.79 Å². The molecule has 108 valence electrons. The van der Waals surface area contributed by atoms with E-state index >= 15 is 0 Å². The normalized spacial score (nSPS) is 10.2. The van der Waals surface area contributed by atoms with Crippen LogP contribution in [-0.2, 0) is 0 Å². The zero-order chi connectivity index (χ0) is 15.4. The first-order valence-electron chi connectivity index (χ1n) is 6.54. The van der Waals surface area contributed by atoms with Crippen molar-refractivity contribution < 1.29 is 9.18 Å². The lowest BCUT2D eigenvalue weighted by atomic mass is 10.1. The zero-order valence-electron chi connectivity index (χ0n) is 11.4. The van der Waals surface area contributed by atoms with Crippen LogP contribution in [0.3, 0.4) is 0 Å². The van der Waals surface area contributed by atoms with Crippen LogP contribution in [0.25, 0.3) is 11.3 Å². The molecule has 1 aromatic carbocycles. The number of pyridine rings is 1. The zero-order valence-corrected chi connectivity index (χ0v) is 11.4. The molecule has 0 spiro atoms. The number of nitrogens with zero attached hydrogens (tertiary/aromatic N) is 3. The van der Waals surface area contributed by atoms with E-state index in [9.17, 15) is 9.18 Å². The third-order valence-corrected chi connectivity index (χ3v) is 2.94. The summed E-state index contributed by atoms with van der Waals surface area (Å²) < 4.78 is 12.8. The molecule has 0 fully saturated rings. The Morgan fingerprint density at radius 2 is 1.77 bits per heavy atom. The van der Waals surface area contributed by atoms with E-state index in [4.69, 9.17) is 0 Å². The monoisotopic (exact) mass is 294 g/mol. The molecule has 5 nitrogen and oxygen atoms in total. The van der Waals surface area contributed by atoms with Gasteiger partial charge in [0.15, 0.2) is 5.82 Å². The molecule has 0 saturated carbocycles. The van der Waals surface area contributed by atoms with E-state index < -0.39 is 11.7 Å². The number of amides is 1. The fourth-order valence-corrected chi connectivity index (χ4v) is 1.85. The lowest BCUT2D eigenvalue weighted by molar-refractivity contribution is 0.102. The highest BCUT2D eigenvalue weighted by atomic mass is 19.1. The summed E-state index contributed by atoms with van der Waals surface area (Å²) in [5.74, 6) is -0.666. The largest absolute Gasteiger partial charge is 0.304 e. The van der Waals surface area contributed by atoms with Gasteiger partial charge in [0.05, 0.1) is 11.9 Å². The maximum atomic E-state index is 12.8. The van der Waals surface area contributed by atoms with Gasteiger partial charge < -0.3 is 5.32 Å². The highest BCUT2D eigenvalue weighted by Gasteiger charge is 2.09. The van der Waals surface area contributed by atoms with Crippen molar-refractivity contribution in [2.45, 2.75) is 0 Å². The number of rotatable bonds is 3. The first-order valence-corrected chi connectivity index (χ1v) is 6.54. The minimum Gasteiger partial charge on any atom is -0.304 e. The molecule has 0 aliphatic heterocycles. The Kier molecular flexibility index (Phi) is 3.82. The van der Waals surface area contributed by atoms with Gasteiger partial charge >= 0.3 is 0 Å². The van der Waals surface area contributed by atoms with Crippen LogP contribution in [0.15, 0.2) is 60.8 Å². The van der Waals surface area contributed by atoms with Crippen LogP contribution in [0.1, 0.15) is 10.5 Å². The van der Waals surface area contributed by atoms with Gasteiger partial charge in [-0.2, -0.15) is 0 Å². The van der Waals surface area contributed by atoms with Gasteiger partial charge in [-0.15, -0.1) is 10.2 Å². The summed E-state index contributed by atoms with van der Waals surface area (Å²) in [4.78, 5) is 15.6. The number of nitrogens with one attached hydrogen (secondary N) is 1. The van der Waals surface area contributed by atoms with Crippen LogP contribution in [-0.4, -0.2) is 21.1 Å². The van der Waals surface area contributed by atoms with Crippen molar-refractivity contribution in [3.8, 4) is 11.3 Å². The maximum absolute atomic E-state index is 12.8. The van der Waals surface area contributed by atoms with Crippen molar-refractivity contribution in [3.05, 3.63) is 72.3 Å². The van der Waals surface area contributed by atoms with E-state index in [-0.39, 0.29) is 5.69 Å². The van der Waals surface area contributed by atoms with Gasteiger partial charge in [0.2, 0.25) is 0 Å². The first-order chi connectivity index (χ1) is 10.7. The number of benzene rings is 1. The first kappa shape index (κ1) is 13.8. The molecule has 0 saturated heterocycles. The molecule has 0 aliphatic carbocycles. The Balaban J connectivity index is 1.73. The van der Waals surface area contributed by atoms with Crippen LogP contribution in [0.2, 0.25) is 0 Å². The predicted octanol–water partition coefficient (Wildman–Crippen LogP) is 2.93. The standard InChI is InChI=1S/C16H11FN4O/c17-12-6-7-14(18-10-12)16(22)19-15-9-8-13(20-21-15)11-4-2-1-3-5-11/h1-10H,(H,19,21,22). The number of carbonyl (C=O) groups excluding carboxylic acids is 1. The molecule has 0 unspecified atom stereocenters. The SMILES string of the molecule is O=C(Nc1ccc(-c2ccccc2)nn1)c1ccc(F)cn1.